The molecule has 0 saturated heterocycles. The molecule has 156 valence electrons. The highest BCUT2D eigenvalue weighted by Gasteiger charge is 2.21. The fourth-order valence-corrected chi connectivity index (χ4v) is 5.47. The molecule has 0 bridgehead atoms. The molecule has 7 rings (SSSR count). The average Bonchev–Trinajstić information content (AvgIpc) is 3.40. The van der Waals surface area contributed by atoms with Crippen molar-refractivity contribution in [3.8, 4) is 33.4 Å². The van der Waals surface area contributed by atoms with Crippen LogP contribution in [0.1, 0.15) is 11.1 Å². The Morgan fingerprint density at radius 1 is 0.515 bits per heavy atom. The maximum atomic E-state index is 6.30. The van der Waals surface area contributed by atoms with Crippen LogP contribution in [0.2, 0.25) is 0 Å². The number of hydrogen-bond acceptors (Lipinski definition) is 1. The lowest BCUT2D eigenvalue weighted by molar-refractivity contribution is 0.669. The van der Waals surface area contributed by atoms with E-state index in [0.717, 1.165) is 22.1 Å². The molecule has 1 aromatic heterocycles. The molecule has 1 nitrogen and oxygen atoms in total. The van der Waals surface area contributed by atoms with Crippen molar-refractivity contribution in [2.24, 2.45) is 0 Å². The lowest BCUT2D eigenvalue weighted by Gasteiger charge is -2.06. The number of hydrogen-bond donors (Lipinski definition) is 0. The summed E-state index contributed by atoms with van der Waals surface area (Å²) in [5.41, 5.74) is 12.1. The zero-order valence-corrected chi connectivity index (χ0v) is 19.4. The van der Waals surface area contributed by atoms with E-state index >= 15 is 0 Å². The van der Waals surface area contributed by atoms with Gasteiger partial charge >= 0.3 is 0 Å². The van der Waals surface area contributed by atoms with E-state index in [0.29, 0.717) is 0 Å². The maximum absolute atomic E-state index is 6.30. The smallest absolute Gasteiger partial charge is 0.136 e. The Morgan fingerprint density at radius 2 is 1.24 bits per heavy atom. The van der Waals surface area contributed by atoms with Crippen LogP contribution in [0.3, 0.4) is 0 Å². The molecule has 6 aromatic rings. The third kappa shape index (κ3) is 3.06. The Balaban J connectivity index is 1.37. The van der Waals surface area contributed by atoms with Crippen LogP contribution in [-0.4, -0.2) is 0 Å². The van der Waals surface area contributed by atoms with Crippen LogP contribution < -0.4 is 0 Å². The maximum Gasteiger partial charge on any atom is 0.136 e. The second kappa shape index (κ2) is 7.19. The lowest BCUT2D eigenvalue weighted by Crippen LogP contribution is -1.82. The van der Waals surface area contributed by atoms with Gasteiger partial charge in [-0.05, 0) is 93.4 Å². The summed E-state index contributed by atoms with van der Waals surface area (Å²) in [4.78, 5) is 0. The summed E-state index contributed by atoms with van der Waals surface area (Å²) in [7, 11) is 0. The Kier molecular flexibility index (Phi) is 4.12. The largest absolute Gasteiger partial charge is 0.456 e. The lowest BCUT2D eigenvalue weighted by atomic mass is 9.97. The quantitative estimate of drug-likeness (QED) is 0.237. The predicted octanol–water partition coefficient (Wildman–Crippen LogP) is 9.25. The number of fused-ring (bicyclic) bond motifs is 6. The molecule has 0 radical (unpaired) electrons. The third-order valence-electron chi connectivity index (χ3n) is 6.74. The van der Waals surface area contributed by atoms with Gasteiger partial charge in [-0.2, -0.15) is 0 Å². The molecule has 0 unspecified atom stereocenters. The Labute approximate surface area is 200 Å². The highest BCUT2D eigenvalue weighted by molar-refractivity contribution is 9.10. The van der Waals surface area contributed by atoms with Crippen molar-refractivity contribution in [1.29, 1.82) is 0 Å². The fourth-order valence-electron chi connectivity index (χ4n) is 5.11. The minimum absolute atomic E-state index is 0.936. The van der Waals surface area contributed by atoms with Gasteiger partial charge in [0, 0.05) is 15.2 Å². The van der Waals surface area contributed by atoms with E-state index < -0.39 is 0 Å². The Morgan fingerprint density at radius 3 is 2.12 bits per heavy atom. The number of furan rings is 1. The number of rotatable bonds is 2. The topological polar surface area (TPSA) is 13.1 Å². The van der Waals surface area contributed by atoms with Crippen molar-refractivity contribution in [3.05, 3.63) is 119 Å². The fraction of sp³-hybridized carbons (Fsp3) is 0.0323. The zero-order chi connectivity index (χ0) is 21.9. The first-order valence-corrected chi connectivity index (χ1v) is 12.0. The normalized spacial score (nSPS) is 12.3. The van der Waals surface area contributed by atoms with Crippen LogP contribution in [0, 0.1) is 0 Å². The first-order valence-electron chi connectivity index (χ1n) is 11.2. The second-order valence-corrected chi connectivity index (χ2v) is 9.66. The van der Waals surface area contributed by atoms with Crippen molar-refractivity contribution in [2.75, 3.05) is 0 Å². The van der Waals surface area contributed by atoms with E-state index in [2.05, 4.69) is 119 Å². The average molecular weight is 487 g/mol. The van der Waals surface area contributed by atoms with Crippen LogP contribution in [0.25, 0.3) is 55.3 Å². The van der Waals surface area contributed by atoms with Gasteiger partial charge in [-0.15, -0.1) is 0 Å². The monoisotopic (exact) mass is 486 g/mol. The highest BCUT2D eigenvalue weighted by Crippen LogP contribution is 2.43. The molecule has 33 heavy (non-hydrogen) atoms. The predicted molar refractivity (Wildman–Crippen MR) is 141 cm³/mol. The molecule has 1 aliphatic carbocycles. The van der Waals surface area contributed by atoms with Crippen LogP contribution in [0.15, 0.2) is 112 Å². The van der Waals surface area contributed by atoms with Crippen molar-refractivity contribution >= 4 is 37.9 Å². The van der Waals surface area contributed by atoms with E-state index in [4.69, 9.17) is 4.42 Å². The van der Waals surface area contributed by atoms with Gasteiger partial charge in [-0.3, -0.25) is 0 Å². The van der Waals surface area contributed by atoms with Crippen LogP contribution in [0.5, 0.6) is 0 Å². The van der Waals surface area contributed by atoms with Gasteiger partial charge in [0.2, 0.25) is 0 Å². The molecule has 0 amide bonds. The summed E-state index contributed by atoms with van der Waals surface area (Å²) in [6.07, 6.45) is 0.972. The molecule has 1 heterocycles. The zero-order valence-electron chi connectivity index (χ0n) is 17.8. The van der Waals surface area contributed by atoms with Crippen molar-refractivity contribution in [2.45, 2.75) is 6.42 Å². The third-order valence-corrected chi connectivity index (χ3v) is 7.23. The molecule has 1 aliphatic rings. The van der Waals surface area contributed by atoms with Gasteiger partial charge in [-0.25, -0.2) is 0 Å². The summed E-state index contributed by atoms with van der Waals surface area (Å²) < 4.78 is 7.41. The summed E-state index contributed by atoms with van der Waals surface area (Å²) in [5.74, 6) is 0. The molecular formula is C31H19BrO. The molecule has 0 atom stereocenters. The first-order chi connectivity index (χ1) is 16.2. The van der Waals surface area contributed by atoms with Crippen LogP contribution >= 0.6 is 15.9 Å². The molecule has 2 heteroatoms. The Bertz CT molecular complexity index is 1690. The molecule has 0 spiro atoms. The molecular weight excluding hydrogens is 468 g/mol. The Hall–Kier alpha value is -3.62. The standard InChI is InChI=1S/C31H19BrO/c32-25-11-9-23-14-24-16-29-28-15-22(10-12-30(28)33-31(29)18-27(24)26(23)17-25)21-8-4-7-20(13-21)19-5-2-1-3-6-19/h1-13,15-18H,14H2. The van der Waals surface area contributed by atoms with Crippen molar-refractivity contribution < 1.29 is 4.42 Å². The van der Waals surface area contributed by atoms with E-state index in [-0.39, 0.29) is 0 Å². The molecule has 5 aromatic carbocycles. The van der Waals surface area contributed by atoms with Gasteiger partial charge < -0.3 is 4.42 Å². The van der Waals surface area contributed by atoms with Crippen LogP contribution in [-0.2, 0) is 6.42 Å². The van der Waals surface area contributed by atoms with Crippen molar-refractivity contribution in [1.82, 2.24) is 0 Å². The second-order valence-electron chi connectivity index (χ2n) is 8.74. The van der Waals surface area contributed by atoms with Gasteiger partial charge in [0.1, 0.15) is 11.2 Å². The number of halogens is 1. The summed E-state index contributed by atoms with van der Waals surface area (Å²) in [6, 6.07) is 36.9. The summed E-state index contributed by atoms with van der Waals surface area (Å²) in [5, 5.41) is 2.37. The summed E-state index contributed by atoms with van der Waals surface area (Å²) in [6.45, 7) is 0. The number of benzene rings is 5. The van der Waals surface area contributed by atoms with Gasteiger partial charge in [0.15, 0.2) is 0 Å². The minimum atomic E-state index is 0.936. The molecule has 0 N–H and O–H groups in total. The van der Waals surface area contributed by atoms with Crippen LogP contribution in [0.4, 0.5) is 0 Å². The summed E-state index contributed by atoms with van der Waals surface area (Å²) >= 11 is 3.62. The SMILES string of the molecule is Brc1ccc2c(c1)-c1cc3oc4ccc(-c5cccc(-c6ccccc6)c5)cc4c3cc1C2. The van der Waals surface area contributed by atoms with Crippen molar-refractivity contribution in [3.63, 3.8) is 0 Å². The van der Waals surface area contributed by atoms with Gasteiger partial charge in [0.05, 0.1) is 0 Å². The van der Waals surface area contributed by atoms with E-state index in [1.54, 1.807) is 0 Å². The highest BCUT2D eigenvalue weighted by atomic mass is 79.9. The molecule has 0 fully saturated rings. The van der Waals surface area contributed by atoms with E-state index in [1.807, 2.05) is 0 Å². The minimum Gasteiger partial charge on any atom is -0.456 e. The van der Waals surface area contributed by atoms with E-state index in [9.17, 15) is 0 Å². The molecule has 0 aliphatic heterocycles. The van der Waals surface area contributed by atoms with E-state index in [1.165, 1.54) is 55.3 Å². The first kappa shape index (κ1) is 18.9. The molecule has 0 saturated carbocycles. The van der Waals surface area contributed by atoms with Gasteiger partial charge in [0.25, 0.3) is 0 Å². The van der Waals surface area contributed by atoms with Gasteiger partial charge in [-0.1, -0.05) is 76.6 Å².